The molecular formula is C30H40N2O10. The fourth-order valence-electron chi connectivity index (χ4n) is 6.65. The minimum atomic E-state index is -1.28. The van der Waals surface area contributed by atoms with Crippen molar-refractivity contribution in [2.24, 2.45) is 5.92 Å². The lowest BCUT2D eigenvalue weighted by Crippen LogP contribution is -2.70. The second-order valence-electron chi connectivity index (χ2n) is 11.7. The lowest BCUT2D eigenvalue weighted by molar-refractivity contribution is -0.158. The van der Waals surface area contributed by atoms with Crippen LogP contribution < -0.4 is 15.4 Å². The molecule has 6 atom stereocenters. The molecule has 3 aliphatic rings. The summed E-state index contributed by atoms with van der Waals surface area (Å²) in [5.41, 5.74) is -0.612. The maximum absolute atomic E-state index is 12.8. The van der Waals surface area contributed by atoms with Crippen LogP contribution in [0.25, 0.3) is 0 Å². The quantitative estimate of drug-likeness (QED) is 0.225. The van der Waals surface area contributed by atoms with Crippen LogP contribution in [0.3, 0.4) is 0 Å². The second kappa shape index (κ2) is 11.9. The highest BCUT2D eigenvalue weighted by Gasteiger charge is 2.69. The molecule has 12 nitrogen and oxygen atoms in total. The monoisotopic (exact) mass is 588 g/mol. The van der Waals surface area contributed by atoms with Crippen LogP contribution >= 0.6 is 0 Å². The summed E-state index contributed by atoms with van der Waals surface area (Å²) in [6.45, 7) is 6.88. The number of phenolic OH excluding ortho intramolecular Hbond substituents is 1. The van der Waals surface area contributed by atoms with E-state index >= 15 is 0 Å². The number of carboxylic acids is 1. The van der Waals surface area contributed by atoms with Gasteiger partial charge in [0.15, 0.2) is 23.7 Å². The van der Waals surface area contributed by atoms with Crippen molar-refractivity contribution in [3.05, 3.63) is 35.1 Å². The minimum absolute atomic E-state index is 0.0231. The van der Waals surface area contributed by atoms with Crippen molar-refractivity contribution in [2.45, 2.75) is 102 Å². The normalized spacial score (nSPS) is 26.8. The summed E-state index contributed by atoms with van der Waals surface area (Å²) in [6, 6.07) is 1.95. The van der Waals surface area contributed by atoms with Crippen LogP contribution in [0.15, 0.2) is 24.0 Å². The highest BCUT2D eigenvalue weighted by molar-refractivity contribution is 5.88. The number of rotatable bonds is 12. The SMILES string of the molecule is CC[C@]12c3c4ccc(O)c3O[C@H]1C(OC(=O)CCC(=O)O[C@@H](C)C(=O)N[C@@H](CC(C)C)C(=O)O)=CC[C@@]2(O)[C@H](NC)C4. The first-order valence-corrected chi connectivity index (χ1v) is 14.3. The molecule has 12 heteroatoms. The summed E-state index contributed by atoms with van der Waals surface area (Å²) in [7, 11) is 1.78. The van der Waals surface area contributed by atoms with E-state index in [0.29, 0.717) is 12.8 Å². The fourth-order valence-corrected chi connectivity index (χ4v) is 6.65. The van der Waals surface area contributed by atoms with Gasteiger partial charge < -0.3 is 40.2 Å². The Hall–Kier alpha value is -3.64. The number of carbonyl (C=O) groups excluding carboxylic acids is 3. The van der Waals surface area contributed by atoms with Crippen molar-refractivity contribution in [3.63, 3.8) is 0 Å². The number of ether oxygens (including phenoxy) is 3. The standard InChI is InChI=1S/C30H40N2O10/c1-6-29-24-17-7-8-19(33)25(24)42-26(29)20(11-12-30(29,39)21(14-17)31-5)41-23(35)10-9-22(34)40-16(4)27(36)32-18(28(37)38)13-15(2)3/h7-8,11,15-16,18,21,26,31,33,39H,6,9-10,12-14H2,1-5H3,(H,32,36)(H,37,38)/t16-,18-,21+,26-,29-,30+/m0/s1. The van der Waals surface area contributed by atoms with Crippen molar-refractivity contribution in [1.82, 2.24) is 10.6 Å². The van der Waals surface area contributed by atoms with Crippen LogP contribution in [0.2, 0.25) is 0 Å². The highest BCUT2D eigenvalue weighted by Crippen LogP contribution is 2.63. The van der Waals surface area contributed by atoms with E-state index in [-0.39, 0.29) is 54.9 Å². The maximum Gasteiger partial charge on any atom is 0.326 e. The van der Waals surface area contributed by atoms with Crippen molar-refractivity contribution < 1.29 is 48.7 Å². The van der Waals surface area contributed by atoms with Crippen LogP contribution in [-0.4, -0.2) is 76.1 Å². The molecule has 230 valence electrons. The average molecular weight is 589 g/mol. The number of nitrogens with one attached hydrogen (secondary N) is 2. The van der Waals surface area contributed by atoms with Crippen molar-refractivity contribution >= 4 is 23.8 Å². The van der Waals surface area contributed by atoms with E-state index < -0.39 is 53.1 Å². The lowest BCUT2D eigenvalue weighted by Gasteiger charge is -2.55. The van der Waals surface area contributed by atoms with Gasteiger partial charge in [0.05, 0.1) is 23.9 Å². The number of hydrogen-bond donors (Lipinski definition) is 5. The molecule has 0 spiro atoms. The molecule has 5 N–H and O–H groups in total. The zero-order chi connectivity index (χ0) is 31.0. The number of carboxylic acid groups (broad SMARTS) is 1. The van der Waals surface area contributed by atoms with Crippen LogP contribution in [0, 0.1) is 5.92 Å². The fraction of sp³-hybridized carbons (Fsp3) is 0.600. The van der Waals surface area contributed by atoms with Gasteiger partial charge in [-0.15, -0.1) is 0 Å². The Morgan fingerprint density at radius 1 is 1.14 bits per heavy atom. The van der Waals surface area contributed by atoms with Gasteiger partial charge in [0.25, 0.3) is 5.91 Å². The molecule has 1 heterocycles. The molecule has 0 unspecified atom stereocenters. The Morgan fingerprint density at radius 2 is 1.83 bits per heavy atom. The largest absolute Gasteiger partial charge is 0.504 e. The van der Waals surface area contributed by atoms with E-state index in [1.807, 2.05) is 26.8 Å². The number of esters is 2. The molecule has 0 saturated carbocycles. The lowest BCUT2D eigenvalue weighted by atomic mass is 9.52. The first kappa shape index (κ1) is 31.3. The van der Waals surface area contributed by atoms with E-state index in [2.05, 4.69) is 10.6 Å². The van der Waals surface area contributed by atoms with Gasteiger partial charge in [-0.3, -0.25) is 14.4 Å². The second-order valence-corrected chi connectivity index (χ2v) is 11.7. The molecule has 2 aliphatic carbocycles. The molecule has 0 radical (unpaired) electrons. The summed E-state index contributed by atoms with van der Waals surface area (Å²) in [5, 5.41) is 37.6. The molecule has 42 heavy (non-hydrogen) atoms. The average Bonchev–Trinajstić information content (AvgIpc) is 3.31. The first-order valence-electron chi connectivity index (χ1n) is 14.3. The predicted molar refractivity (Wildman–Crippen MR) is 149 cm³/mol. The summed E-state index contributed by atoms with van der Waals surface area (Å²) in [4.78, 5) is 49.0. The molecule has 0 bridgehead atoms. The molecule has 4 rings (SSSR count). The number of aromatic hydroxyl groups is 1. The predicted octanol–water partition coefficient (Wildman–Crippen LogP) is 1.83. The van der Waals surface area contributed by atoms with Crippen LogP contribution in [-0.2, 0) is 40.5 Å². The summed E-state index contributed by atoms with van der Waals surface area (Å²) < 4.78 is 17.0. The Kier molecular flexibility index (Phi) is 8.89. The number of phenols is 1. The molecule has 1 aliphatic heterocycles. The number of likely N-dealkylation sites (N-methyl/N-ethyl adjacent to an activating group) is 1. The van der Waals surface area contributed by atoms with Crippen LogP contribution in [0.1, 0.15) is 70.9 Å². The number of carbonyl (C=O) groups is 4. The molecule has 1 aromatic rings. The van der Waals surface area contributed by atoms with Gasteiger partial charge in [-0.1, -0.05) is 26.8 Å². The summed E-state index contributed by atoms with van der Waals surface area (Å²) in [5.74, 6) is -3.08. The number of benzene rings is 1. The summed E-state index contributed by atoms with van der Waals surface area (Å²) >= 11 is 0. The Balaban J connectivity index is 1.41. The van der Waals surface area contributed by atoms with Crippen molar-refractivity contribution in [2.75, 3.05) is 7.05 Å². The third-order valence-corrected chi connectivity index (χ3v) is 8.67. The van der Waals surface area contributed by atoms with Crippen molar-refractivity contribution in [3.8, 4) is 11.5 Å². The first-order chi connectivity index (χ1) is 19.8. The van der Waals surface area contributed by atoms with Gasteiger partial charge in [-0.05, 0) is 56.9 Å². The molecular weight excluding hydrogens is 548 g/mol. The minimum Gasteiger partial charge on any atom is -0.504 e. The number of hydrogen-bond acceptors (Lipinski definition) is 10. The summed E-state index contributed by atoms with van der Waals surface area (Å²) in [6.07, 6.45) is 0.110. The van der Waals surface area contributed by atoms with E-state index in [9.17, 15) is 34.5 Å². The molecule has 1 amide bonds. The molecule has 0 fully saturated rings. The number of aliphatic hydroxyl groups is 1. The Bertz CT molecular complexity index is 1290. The van der Waals surface area contributed by atoms with Crippen molar-refractivity contribution in [1.29, 1.82) is 0 Å². The number of aliphatic carboxylic acids is 1. The topological polar surface area (TPSA) is 181 Å². The zero-order valence-corrected chi connectivity index (χ0v) is 24.6. The van der Waals surface area contributed by atoms with Gasteiger partial charge in [0.2, 0.25) is 0 Å². The van der Waals surface area contributed by atoms with Gasteiger partial charge in [-0.25, -0.2) is 4.79 Å². The highest BCUT2D eigenvalue weighted by atomic mass is 16.6. The van der Waals surface area contributed by atoms with E-state index in [0.717, 1.165) is 11.1 Å². The third kappa shape index (κ3) is 5.33. The van der Waals surface area contributed by atoms with Crippen LogP contribution in [0.4, 0.5) is 0 Å². The van der Waals surface area contributed by atoms with Gasteiger partial charge in [0.1, 0.15) is 11.8 Å². The van der Waals surface area contributed by atoms with Gasteiger partial charge in [0, 0.05) is 18.0 Å². The third-order valence-electron chi connectivity index (χ3n) is 8.67. The Labute approximate surface area is 244 Å². The van der Waals surface area contributed by atoms with E-state index in [4.69, 9.17) is 14.2 Å². The maximum atomic E-state index is 12.8. The molecule has 1 aromatic carbocycles. The zero-order valence-electron chi connectivity index (χ0n) is 24.6. The molecule has 0 aromatic heterocycles. The van der Waals surface area contributed by atoms with E-state index in [1.54, 1.807) is 19.2 Å². The molecule has 0 saturated heterocycles. The van der Waals surface area contributed by atoms with Crippen LogP contribution in [0.5, 0.6) is 11.5 Å². The smallest absolute Gasteiger partial charge is 0.326 e. The van der Waals surface area contributed by atoms with Gasteiger partial charge >= 0.3 is 17.9 Å². The Morgan fingerprint density at radius 3 is 2.45 bits per heavy atom. The number of amides is 1. The van der Waals surface area contributed by atoms with E-state index in [1.165, 1.54) is 6.92 Å². The van der Waals surface area contributed by atoms with Gasteiger partial charge in [-0.2, -0.15) is 0 Å².